The summed E-state index contributed by atoms with van der Waals surface area (Å²) in [4.78, 5) is 4.77. The molecule has 0 aliphatic carbocycles. The summed E-state index contributed by atoms with van der Waals surface area (Å²) in [5, 5.41) is 3.49. The molecule has 0 fully saturated rings. The van der Waals surface area contributed by atoms with Crippen LogP contribution in [0.25, 0.3) is 11.0 Å². The zero-order valence-electron chi connectivity index (χ0n) is 11.1. The third-order valence-corrected chi connectivity index (χ3v) is 3.15. The zero-order valence-corrected chi connectivity index (χ0v) is 11.1. The molecule has 3 heteroatoms. The van der Waals surface area contributed by atoms with Gasteiger partial charge in [-0.25, -0.2) is 4.98 Å². The molecule has 0 spiro atoms. The summed E-state index contributed by atoms with van der Waals surface area (Å²) in [5.41, 5.74) is 2.20. The Hall–Kier alpha value is -1.35. The number of fused-ring (bicyclic) bond motifs is 1. The Morgan fingerprint density at radius 2 is 1.94 bits per heavy atom. The minimum Gasteiger partial charge on any atom is -0.327 e. The van der Waals surface area contributed by atoms with Crippen molar-refractivity contribution < 1.29 is 0 Å². The van der Waals surface area contributed by atoms with Crippen LogP contribution in [-0.4, -0.2) is 16.1 Å². The smallest absolute Gasteiger partial charge is 0.129 e. The second kappa shape index (κ2) is 4.49. The molecule has 0 bridgehead atoms. The van der Waals surface area contributed by atoms with Crippen molar-refractivity contribution in [2.24, 2.45) is 0 Å². The number of rotatable bonds is 4. The summed E-state index contributed by atoms with van der Waals surface area (Å²) in [6.45, 7) is 10.6. The first kappa shape index (κ1) is 12.1. The average Bonchev–Trinajstić information content (AvgIpc) is 2.68. The number of benzene rings is 1. The van der Waals surface area contributed by atoms with Gasteiger partial charge in [-0.15, -0.1) is 0 Å². The van der Waals surface area contributed by atoms with E-state index in [1.54, 1.807) is 0 Å². The quantitative estimate of drug-likeness (QED) is 0.877. The van der Waals surface area contributed by atoms with E-state index >= 15 is 0 Å². The lowest BCUT2D eigenvalue weighted by Gasteiger charge is -2.25. The molecule has 1 N–H and O–H groups in total. The molecule has 92 valence electrons. The average molecular weight is 231 g/mol. The van der Waals surface area contributed by atoms with Crippen LogP contribution in [0.5, 0.6) is 0 Å². The monoisotopic (exact) mass is 231 g/mol. The fraction of sp³-hybridized carbons (Fsp3) is 0.500. The van der Waals surface area contributed by atoms with Crippen molar-refractivity contribution in [2.75, 3.05) is 6.54 Å². The van der Waals surface area contributed by atoms with Crippen molar-refractivity contribution in [1.29, 1.82) is 0 Å². The lowest BCUT2D eigenvalue weighted by atomic mass is 10.0. The number of aromatic nitrogens is 2. The highest BCUT2D eigenvalue weighted by Gasteiger charge is 2.25. The minimum absolute atomic E-state index is 0.0935. The number of imidazole rings is 1. The van der Waals surface area contributed by atoms with Crippen LogP contribution in [0.3, 0.4) is 0 Å². The van der Waals surface area contributed by atoms with Crippen LogP contribution in [0.1, 0.15) is 33.5 Å². The molecule has 0 saturated carbocycles. The van der Waals surface area contributed by atoms with Gasteiger partial charge in [0.05, 0.1) is 16.6 Å². The number of hydrogen-bond donors (Lipinski definition) is 1. The molecule has 1 heterocycles. The second-order valence-corrected chi connectivity index (χ2v) is 4.82. The topological polar surface area (TPSA) is 29.9 Å². The molecule has 3 nitrogen and oxygen atoms in total. The lowest BCUT2D eigenvalue weighted by molar-refractivity contribution is 0.377. The number of para-hydroxylation sites is 2. The van der Waals surface area contributed by atoms with Crippen LogP contribution in [0.15, 0.2) is 24.3 Å². The predicted molar refractivity (Wildman–Crippen MR) is 72.1 cm³/mol. The fourth-order valence-electron chi connectivity index (χ4n) is 2.39. The normalized spacial score (nSPS) is 12.2. The van der Waals surface area contributed by atoms with Crippen molar-refractivity contribution in [3.8, 4) is 0 Å². The van der Waals surface area contributed by atoms with Crippen LogP contribution >= 0.6 is 0 Å². The van der Waals surface area contributed by atoms with E-state index in [0.29, 0.717) is 0 Å². The van der Waals surface area contributed by atoms with E-state index in [1.807, 2.05) is 6.07 Å². The van der Waals surface area contributed by atoms with Crippen molar-refractivity contribution in [1.82, 2.24) is 14.9 Å². The molecule has 2 rings (SSSR count). The van der Waals surface area contributed by atoms with Crippen molar-refractivity contribution >= 4 is 11.0 Å². The first-order valence-electron chi connectivity index (χ1n) is 6.31. The molecule has 17 heavy (non-hydrogen) atoms. The van der Waals surface area contributed by atoms with E-state index in [-0.39, 0.29) is 5.54 Å². The zero-order chi connectivity index (χ0) is 12.5. The van der Waals surface area contributed by atoms with Gasteiger partial charge in [0, 0.05) is 6.54 Å². The number of nitrogens with zero attached hydrogens (tertiary/aromatic N) is 2. The van der Waals surface area contributed by atoms with Gasteiger partial charge in [-0.3, -0.25) is 0 Å². The Morgan fingerprint density at radius 1 is 1.24 bits per heavy atom. The molecular formula is C14H21N3. The summed E-state index contributed by atoms with van der Waals surface area (Å²) in [6, 6.07) is 8.32. The van der Waals surface area contributed by atoms with E-state index in [1.165, 1.54) is 5.52 Å². The van der Waals surface area contributed by atoms with Crippen LogP contribution in [0.4, 0.5) is 0 Å². The Kier molecular flexibility index (Phi) is 3.20. The minimum atomic E-state index is -0.0935. The standard InChI is InChI=1S/C14H21N3/c1-5-15-14(3,4)13-16-11-9-7-8-10-12(11)17(13)6-2/h7-10,15H,5-6H2,1-4H3. The molecule has 0 unspecified atom stereocenters. The first-order valence-corrected chi connectivity index (χ1v) is 6.31. The molecule has 0 aliphatic rings. The maximum absolute atomic E-state index is 4.77. The van der Waals surface area contributed by atoms with Crippen LogP contribution in [0, 0.1) is 0 Å². The molecule has 0 atom stereocenters. The first-order chi connectivity index (χ1) is 8.10. The summed E-state index contributed by atoms with van der Waals surface area (Å²) in [7, 11) is 0. The molecule has 0 amide bonds. The SMILES string of the molecule is CCNC(C)(C)c1nc2ccccc2n1CC. The van der Waals surface area contributed by atoms with E-state index in [2.05, 4.69) is 55.8 Å². The molecule has 0 radical (unpaired) electrons. The van der Waals surface area contributed by atoms with Gasteiger partial charge in [-0.2, -0.15) is 0 Å². The molecular weight excluding hydrogens is 210 g/mol. The number of aryl methyl sites for hydroxylation is 1. The molecule has 2 aromatic rings. The summed E-state index contributed by atoms with van der Waals surface area (Å²) < 4.78 is 2.29. The highest BCUT2D eigenvalue weighted by molar-refractivity contribution is 5.76. The summed E-state index contributed by atoms with van der Waals surface area (Å²) in [6.07, 6.45) is 0. The Labute approximate surface area is 103 Å². The highest BCUT2D eigenvalue weighted by atomic mass is 15.1. The van der Waals surface area contributed by atoms with E-state index in [0.717, 1.165) is 24.4 Å². The summed E-state index contributed by atoms with van der Waals surface area (Å²) in [5.74, 6) is 1.11. The van der Waals surface area contributed by atoms with Gasteiger partial charge in [-0.05, 0) is 39.4 Å². The molecule has 1 aromatic carbocycles. The Morgan fingerprint density at radius 3 is 2.59 bits per heavy atom. The lowest BCUT2D eigenvalue weighted by Crippen LogP contribution is -2.38. The van der Waals surface area contributed by atoms with Gasteiger partial charge in [0.25, 0.3) is 0 Å². The van der Waals surface area contributed by atoms with Gasteiger partial charge < -0.3 is 9.88 Å². The number of nitrogens with one attached hydrogen (secondary N) is 1. The second-order valence-electron chi connectivity index (χ2n) is 4.82. The molecule has 0 saturated heterocycles. The van der Waals surface area contributed by atoms with E-state index in [9.17, 15) is 0 Å². The molecule has 1 aromatic heterocycles. The van der Waals surface area contributed by atoms with Crippen molar-refractivity contribution in [2.45, 2.75) is 39.8 Å². The Bertz CT molecular complexity index is 511. The molecule has 0 aliphatic heterocycles. The van der Waals surface area contributed by atoms with Crippen LogP contribution in [-0.2, 0) is 12.1 Å². The Balaban J connectivity index is 2.61. The van der Waals surface area contributed by atoms with Gasteiger partial charge in [0.1, 0.15) is 5.82 Å². The van der Waals surface area contributed by atoms with Crippen LogP contribution < -0.4 is 5.32 Å². The largest absolute Gasteiger partial charge is 0.327 e. The van der Waals surface area contributed by atoms with Gasteiger partial charge in [0.2, 0.25) is 0 Å². The van der Waals surface area contributed by atoms with Crippen molar-refractivity contribution in [3.05, 3.63) is 30.1 Å². The van der Waals surface area contributed by atoms with Gasteiger partial charge >= 0.3 is 0 Å². The summed E-state index contributed by atoms with van der Waals surface area (Å²) >= 11 is 0. The maximum Gasteiger partial charge on any atom is 0.129 e. The number of hydrogen-bond acceptors (Lipinski definition) is 2. The van der Waals surface area contributed by atoms with Crippen molar-refractivity contribution in [3.63, 3.8) is 0 Å². The van der Waals surface area contributed by atoms with Gasteiger partial charge in [-0.1, -0.05) is 19.1 Å². The fourth-order valence-corrected chi connectivity index (χ4v) is 2.39. The van der Waals surface area contributed by atoms with Gasteiger partial charge in [0.15, 0.2) is 0 Å². The third-order valence-electron chi connectivity index (χ3n) is 3.15. The van der Waals surface area contributed by atoms with E-state index < -0.39 is 0 Å². The van der Waals surface area contributed by atoms with Crippen LogP contribution in [0.2, 0.25) is 0 Å². The predicted octanol–water partition coefficient (Wildman–Crippen LogP) is 2.90. The highest BCUT2D eigenvalue weighted by Crippen LogP contribution is 2.24. The van der Waals surface area contributed by atoms with E-state index in [4.69, 9.17) is 4.98 Å². The third kappa shape index (κ3) is 2.07. The maximum atomic E-state index is 4.77.